The molecule has 0 radical (unpaired) electrons. The normalized spacial score (nSPS) is 18.9. The van der Waals surface area contributed by atoms with Crippen molar-refractivity contribution in [2.24, 2.45) is 0 Å². The van der Waals surface area contributed by atoms with Crippen LogP contribution in [-0.4, -0.2) is 12.3 Å². The zero-order valence-corrected chi connectivity index (χ0v) is 54.1. The molecule has 5 heteroatoms. The molecule has 5 aliphatic rings. The van der Waals surface area contributed by atoms with Gasteiger partial charge < -0.3 is 19.6 Å². The average Bonchev–Trinajstić information content (AvgIpc) is 1.43. The van der Waals surface area contributed by atoms with E-state index in [0.29, 0.717) is 0 Å². The molecular formula is C81H87BN4. The summed E-state index contributed by atoms with van der Waals surface area (Å²) in [7, 11) is 0. The second-order valence-corrected chi connectivity index (χ2v) is 31.1. The summed E-state index contributed by atoms with van der Waals surface area (Å²) in [4.78, 5) is 10.6. The van der Waals surface area contributed by atoms with E-state index in [9.17, 15) is 0 Å². The van der Waals surface area contributed by atoms with E-state index >= 15 is 0 Å². The molecule has 14 rings (SSSR count). The highest BCUT2D eigenvalue weighted by Crippen LogP contribution is 2.63. The second-order valence-electron chi connectivity index (χ2n) is 31.1. The monoisotopic (exact) mass is 1130 g/mol. The van der Waals surface area contributed by atoms with E-state index in [-0.39, 0.29) is 44.7 Å². The van der Waals surface area contributed by atoms with Gasteiger partial charge in [0.25, 0.3) is 6.71 Å². The maximum atomic E-state index is 2.89. The molecule has 4 nitrogen and oxygen atoms in total. The Morgan fingerprint density at radius 2 is 0.837 bits per heavy atom. The van der Waals surface area contributed by atoms with Crippen molar-refractivity contribution in [3.63, 3.8) is 0 Å². The van der Waals surface area contributed by atoms with Crippen molar-refractivity contribution in [1.29, 1.82) is 0 Å². The van der Waals surface area contributed by atoms with E-state index in [1.165, 1.54) is 102 Å². The highest BCUT2D eigenvalue weighted by Gasteiger charge is 2.61. The predicted octanol–water partition coefficient (Wildman–Crippen LogP) is 20.5. The fraction of sp³-hybridized carbons (Fsp3) is 0.333. The maximum Gasteiger partial charge on any atom is 0.252 e. The Morgan fingerprint density at radius 1 is 0.384 bits per heavy atom. The molecule has 9 aromatic rings. The molecule has 2 unspecified atom stereocenters. The van der Waals surface area contributed by atoms with Crippen LogP contribution in [0.1, 0.15) is 175 Å². The van der Waals surface area contributed by atoms with Gasteiger partial charge >= 0.3 is 0 Å². The van der Waals surface area contributed by atoms with Gasteiger partial charge in [-0.3, -0.25) is 0 Å². The Kier molecular flexibility index (Phi) is 12.5. The largest absolute Gasteiger partial charge is 0.335 e. The van der Waals surface area contributed by atoms with Gasteiger partial charge in [0.1, 0.15) is 0 Å². The Morgan fingerprint density at radius 3 is 1.37 bits per heavy atom. The van der Waals surface area contributed by atoms with Gasteiger partial charge in [-0.2, -0.15) is 0 Å². The number of nitrogens with zero attached hydrogens (tertiary/aromatic N) is 4. The predicted molar refractivity (Wildman–Crippen MR) is 370 cm³/mol. The third kappa shape index (κ3) is 8.51. The minimum Gasteiger partial charge on any atom is -0.335 e. The van der Waals surface area contributed by atoms with Crippen molar-refractivity contribution in [3.8, 4) is 11.1 Å². The van der Waals surface area contributed by atoms with Crippen LogP contribution in [0.3, 0.4) is 0 Å². The molecule has 86 heavy (non-hydrogen) atoms. The van der Waals surface area contributed by atoms with Crippen LogP contribution in [0.5, 0.6) is 0 Å². The highest BCUT2D eigenvalue weighted by atomic mass is 15.3. The third-order valence-electron chi connectivity index (χ3n) is 21.2. The van der Waals surface area contributed by atoms with E-state index in [1.807, 2.05) is 0 Å². The maximum absolute atomic E-state index is 2.89. The zero-order chi connectivity index (χ0) is 60.4. The van der Waals surface area contributed by atoms with E-state index in [1.54, 1.807) is 0 Å². The first kappa shape index (κ1) is 56.1. The minimum atomic E-state index is -0.155. The lowest BCUT2D eigenvalue weighted by Crippen LogP contribution is -2.64. The summed E-state index contributed by atoms with van der Waals surface area (Å²) < 4.78 is 0. The molecular weight excluding hydrogens is 1040 g/mol. The number of fused-ring (bicyclic) bond motifs is 10. The molecule has 0 spiro atoms. The number of para-hydroxylation sites is 1. The molecule has 0 bridgehead atoms. The summed E-state index contributed by atoms with van der Waals surface area (Å²) >= 11 is 0. The van der Waals surface area contributed by atoms with Crippen LogP contribution < -0.4 is 36.0 Å². The Hall–Kier alpha value is -7.76. The highest BCUT2D eigenvalue weighted by molar-refractivity contribution is 7.00. The van der Waals surface area contributed by atoms with E-state index in [0.717, 1.165) is 52.7 Å². The number of benzene rings is 9. The number of anilines is 11. The molecule has 1 saturated carbocycles. The number of hydrogen-bond donors (Lipinski definition) is 0. The Labute approximate surface area is 515 Å². The zero-order valence-electron chi connectivity index (χ0n) is 54.1. The topological polar surface area (TPSA) is 13.0 Å². The average molecular weight is 1130 g/mol. The van der Waals surface area contributed by atoms with Crippen LogP contribution in [0, 0.1) is 0 Å². The van der Waals surface area contributed by atoms with Crippen LogP contribution in [-0.2, 0) is 32.5 Å². The lowest BCUT2D eigenvalue weighted by atomic mass is 9.33. The molecule has 434 valence electrons. The molecule has 3 aliphatic heterocycles. The first-order chi connectivity index (χ1) is 40.7. The van der Waals surface area contributed by atoms with Gasteiger partial charge in [0.2, 0.25) is 0 Å². The summed E-state index contributed by atoms with van der Waals surface area (Å²) in [5, 5.41) is 0. The molecule has 2 aliphatic carbocycles. The smallest absolute Gasteiger partial charge is 0.252 e. The molecule has 0 saturated heterocycles. The number of hydrogen-bond acceptors (Lipinski definition) is 4. The lowest BCUT2D eigenvalue weighted by Gasteiger charge is -2.53. The van der Waals surface area contributed by atoms with Crippen molar-refractivity contribution in [3.05, 3.63) is 227 Å². The first-order valence-electron chi connectivity index (χ1n) is 32.0. The summed E-state index contributed by atoms with van der Waals surface area (Å²) in [6.07, 6.45) is 4.74. The standard InChI is InChI=1S/C81H87BN4/c1-75(2,3)52-26-34-56(35-27-52)83(57-36-28-53(29-37-57)76(4,5)6)61-43-45-68-70(49-61)85(60-42-44-66-64(48-60)63-22-17-18-23-65(63)79(66,13)14)71-50-62(84(58-38-30-54(31-39-58)77(7,8)9)59-40-32-55(33-41-59)78(10,11)12)51-72-73(71)82(68)69-25-21-24-67-74(69)86(72)81(16)47-20-19-46-80(67,81)15/h17-18,21-45,48-51H,19-20,46-47H2,1-16H3. The molecule has 1 fully saturated rings. The van der Waals surface area contributed by atoms with Crippen LogP contribution in [0.4, 0.5) is 62.6 Å². The minimum absolute atomic E-state index is 0.00529. The summed E-state index contributed by atoms with van der Waals surface area (Å²) in [5.74, 6) is 0. The summed E-state index contributed by atoms with van der Waals surface area (Å²) in [6, 6.07) is 74.1. The molecule has 9 aromatic carbocycles. The fourth-order valence-corrected chi connectivity index (χ4v) is 16.0. The van der Waals surface area contributed by atoms with Gasteiger partial charge in [-0.25, -0.2) is 0 Å². The van der Waals surface area contributed by atoms with Gasteiger partial charge in [-0.05, 0) is 193 Å². The van der Waals surface area contributed by atoms with E-state index in [2.05, 4.69) is 318 Å². The quantitative estimate of drug-likeness (QED) is 0.147. The Balaban J connectivity index is 1.09. The summed E-state index contributed by atoms with van der Waals surface area (Å²) in [6.45, 7) is 37.7. The van der Waals surface area contributed by atoms with Crippen LogP contribution >= 0.6 is 0 Å². The van der Waals surface area contributed by atoms with Crippen molar-refractivity contribution in [2.75, 3.05) is 19.6 Å². The lowest BCUT2D eigenvalue weighted by molar-refractivity contribution is 0.195. The van der Waals surface area contributed by atoms with Crippen LogP contribution in [0.25, 0.3) is 11.1 Å². The molecule has 0 N–H and O–H groups in total. The fourth-order valence-electron chi connectivity index (χ4n) is 16.0. The van der Waals surface area contributed by atoms with Crippen molar-refractivity contribution in [1.82, 2.24) is 0 Å². The molecule has 3 heterocycles. The second kappa shape index (κ2) is 19.1. The molecule has 0 amide bonds. The first-order valence-corrected chi connectivity index (χ1v) is 32.0. The van der Waals surface area contributed by atoms with E-state index in [4.69, 9.17) is 0 Å². The van der Waals surface area contributed by atoms with Crippen LogP contribution in [0.2, 0.25) is 0 Å². The van der Waals surface area contributed by atoms with Crippen molar-refractivity contribution in [2.45, 2.75) is 174 Å². The van der Waals surface area contributed by atoms with Gasteiger partial charge in [0.15, 0.2) is 0 Å². The molecule has 2 atom stereocenters. The molecule has 0 aromatic heterocycles. The third-order valence-corrected chi connectivity index (χ3v) is 21.2. The SMILES string of the molecule is CC(C)(C)c1ccc(N(c2ccc(C(C)(C)C)cc2)c2ccc3c(c2)N(c2ccc4c(c2)-c2ccccc2C4(C)C)c2cc(N(c4ccc(C(C)(C)C)cc4)c4ccc(C(C)(C)C)cc4)cc4c2B3c2cccc3c2N4C2(C)CCCCC32C)cc1. The van der Waals surface area contributed by atoms with Crippen molar-refractivity contribution < 1.29 is 0 Å². The number of rotatable bonds is 7. The Bertz CT molecular complexity index is 4050. The van der Waals surface area contributed by atoms with Gasteiger partial charge in [-0.15, -0.1) is 0 Å². The van der Waals surface area contributed by atoms with Gasteiger partial charge in [0.05, 0.1) is 11.2 Å². The van der Waals surface area contributed by atoms with Gasteiger partial charge in [-0.1, -0.05) is 220 Å². The van der Waals surface area contributed by atoms with Crippen LogP contribution in [0.15, 0.2) is 188 Å². The summed E-state index contributed by atoms with van der Waals surface area (Å²) in [5.41, 5.74) is 29.2. The van der Waals surface area contributed by atoms with E-state index < -0.39 is 0 Å². The van der Waals surface area contributed by atoms with Crippen molar-refractivity contribution >= 4 is 85.7 Å². The van der Waals surface area contributed by atoms with Gasteiger partial charge in [0, 0.05) is 67.7 Å².